The van der Waals surface area contributed by atoms with Crippen LogP contribution in [0.15, 0.2) is 36.4 Å². The summed E-state index contributed by atoms with van der Waals surface area (Å²) in [6, 6.07) is 3.30. The van der Waals surface area contributed by atoms with Crippen molar-refractivity contribution in [2.75, 3.05) is 6.61 Å². The number of carbonyl (C=O) groups is 5. The third-order valence-corrected chi connectivity index (χ3v) is 7.22. The molecule has 0 amide bonds. The van der Waals surface area contributed by atoms with Gasteiger partial charge in [-0.05, 0) is 36.4 Å². The molecule has 0 saturated carbocycles. The minimum absolute atomic E-state index is 0.491. The van der Waals surface area contributed by atoms with Crippen molar-refractivity contribution in [1.29, 1.82) is 0 Å². The normalized spacial score (nSPS) is 24.0. The van der Waals surface area contributed by atoms with Gasteiger partial charge in [0.05, 0.1) is 16.7 Å². The molecule has 22 heteroatoms. The predicted molar refractivity (Wildman–Crippen MR) is 150 cm³/mol. The van der Waals surface area contributed by atoms with E-state index >= 15 is 0 Å². The van der Waals surface area contributed by atoms with Crippen molar-refractivity contribution in [2.45, 2.75) is 30.1 Å². The molecular formula is C29H22O22. The Morgan fingerprint density at radius 1 is 0.627 bits per heavy atom. The summed E-state index contributed by atoms with van der Waals surface area (Å²) in [5.74, 6) is -26.3. The second-order valence-electron chi connectivity index (χ2n) is 10.6. The summed E-state index contributed by atoms with van der Waals surface area (Å²) < 4.78 is 30.0. The quantitative estimate of drug-likeness (QED) is 0.0570. The molecule has 2 aliphatic heterocycles. The number of hydrogen-bond donors (Lipinski definition) is 11. The maximum atomic E-state index is 13.2. The van der Waals surface area contributed by atoms with Crippen LogP contribution in [0.3, 0.4) is 0 Å². The Kier molecular flexibility index (Phi) is 8.69. The summed E-state index contributed by atoms with van der Waals surface area (Å²) in [7, 11) is 0. The van der Waals surface area contributed by atoms with Gasteiger partial charge >= 0.3 is 41.6 Å². The third kappa shape index (κ3) is 6.11. The molecule has 2 heterocycles. The zero-order chi connectivity index (χ0) is 37.7. The van der Waals surface area contributed by atoms with Crippen LogP contribution in [0.4, 0.5) is 0 Å². The second kappa shape index (κ2) is 12.5. The number of carbonyl (C=O) groups excluding carboxylic acids is 5. The van der Waals surface area contributed by atoms with Crippen molar-refractivity contribution < 1.29 is 109 Å². The van der Waals surface area contributed by atoms with Crippen molar-refractivity contribution in [1.82, 2.24) is 0 Å². The van der Waals surface area contributed by atoms with Gasteiger partial charge in [0.2, 0.25) is 6.10 Å². The van der Waals surface area contributed by atoms with Crippen LogP contribution in [-0.4, -0.2) is 123 Å². The monoisotopic (exact) mass is 722 g/mol. The average molecular weight is 722 g/mol. The number of phenolic OH excluding ortho intramolecular Hbond substituents is 9. The van der Waals surface area contributed by atoms with E-state index in [-0.39, 0.29) is 0 Å². The Labute approximate surface area is 280 Å². The summed E-state index contributed by atoms with van der Waals surface area (Å²) in [5.41, 5.74) is -2.30. The van der Waals surface area contributed by atoms with Crippen molar-refractivity contribution in [3.8, 4) is 51.7 Å². The van der Waals surface area contributed by atoms with Crippen molar-refractivity contribution in [2.24, 2.45) is 0 Å². The summed E-state index contributed by atoms with van der Waals surface area (Å²) in [4.78, 5) is 64.0. The molecule has 0 aliphatic carbocycles. The molecule has 2 fully saturated rings. The van der Waals surface area contributed by atoms with Crippen LogP contribution in [0.2, 0.25) is 0 Å². The highest BCUT2D eigenvalue weighted by Crippen LogP contribution is 2.47. The van der Waals surface area contributed by atoms with E-state index in [1.165, 1.54) is 0 Å². The molecule has 0 spiro atoms. The molecule has 5 atom stereocenters. The Morgan fingerprint density at radius 2 is 1.02 bits per heavy atom. The summed E-state index contributed by atoms with van der Waals surface area (Å²) in [5, 5.41) is 111. The van der Waals surface area contributed by atoms with Crippen LogP contribution >= 0.6 is 0 Å². The number of rotatable bonds is 7. The summed E-state index contributed by atoms with van der Waals surface area (Å²) in [6.07, 6.45) is -7.62. The number of aromatic hydroxyl groups is 9. The molecule has 11 N–H and O–H groups in total. The lowest BCUT2D eigenvalue weighted by molar-refractivity contribution is -0.513. The van der Waals surface area contributed by atoms with E-state index in [9.17, 15) is 80.1 Å². The molecular weight excluding hydrogens is 700 g/mol. The number of esters is 5. The maximum absolute atomic E-state index is 13.2. The first kappa shape index (κ1) is 35.4. The van der Waals surface area contributed by atoms with Crippen LogP contribution in [0.5, 0.6) is 51.7 Å². The zero-order valence-corrected chi connectivity index (χ0v) is 24.8. The topological polar surface area (TPSA) is 363 Å². The van der Waals surface area contributed by atoms with Gasteiger partial charge in [0.1, 0.15) is 18.8 Å². The van der Waals surface area contributed by atoms with E-state index in [0.717, 1.165) is 0 Å². The fraction of sp³-hybridized carbons (Fsp3) is 0.207. The van der Waals surface area contributed by atoms with Crippen LogP contribution in [0, 0.1) is 0 Å². The van der Waals surface area contributed by atoms with Crippen molar-refractivity contribution >= 4 is 29.8 Å². The fourth-order valence-corrected chi connectivity index (χ4v) is 4.69. The number of hydrogen-bond acceptors (Lipinski definition) is 22. The first-order valence-electron chi connectivity index (χ1n) is 13.7. The van der Waals surface area contributed by atoms with Gasteiger partial charge in [-0.15, -0.1) is 0 Å². The summed E-state index contributed by atoms with van der Waals surface area (Å²) in [6.45, 7) is -1.25. The highest BCUT2D eigenvalue weighted by molar-refractivity contribution is 6.30. The van der Waals surface area contributed by atoms with E-state index in [0.29, 0.717) is 36.4 Å². The Hall–Kier alpha value is -6.91. The molecule has 22 nitrogen and oxygen atoms in total. The van der Waals surface area contributed by atoms with Crippen molar-refractivity contribution in [3.05, 3.63) is 53.1 Å². The van der Waals surface area contributed by atoms with E-state index in [1.54, 1.807) is 0 Å². The molecule has 2 aliphatic rings. The van der Waals surface area contributed by atoms with Crippen LogP contribution in [-0.2, 0) is 38.0 Å². The number of phenols is 9. The van der Waals surface area contributed by atoms with Gasteiger partial charge < -0.3 is 79.9 Å². The number of fused-ring (bicyclic) bond motifs is 1. The van der Waals surface area contributed by atoms with Crippen LogP contribution in [0.1, 0.15) is 31.1 Å². The third-order valence-electron chi connectivity index (χ3n) is 7.22. The minimum Gasteiger partial charge on any atom is -0.504 e. The molecule has 0 radical (unpaired) electrons. The van der Waals surface area contributed by atoms with E-state index in [2.05, 4.69) is 0 Å². The van der Waals surface area contributed by atoms with Gasteiger partial charge in [-0.25, -0.2) is 24.0 Å². The van der Waals surface area contributed by atoms with Gasteiger partial charge in [0.25, 0.3) is 0 Å². The van der Waals surface area contributed by atoms with E-state index in [1.807, 2.05) is 0 Å². The first-order chi connectivity index (χ1) is 23.8. The first-order valence-corrected chi connectivity index (χ1v) is 13.7. The molecule has 2 saturated heterocycles. The highest BCUT2D eigenvalue weighted by atomic mass is 16.9. The lowest BCUT2D eigenvalue weighted by Gasteiger charge is -2.52. The Balaban J connectivity index is 1.57. The fourth-order valence-electron chi connectivity index (χ4n) is 4.69. The second-order valence-corrected chi connectivity index (χ2v) is 10.6. The van der Waals surface area contributed by atoms with Gasteiger partial charge in [-0.3, -0.25) is 4.74 Å². The Bertz CT molecular complexity index is 1920. The van der Waals surface area contributed by atoms with E-state index in [4.69, 9.17) is 28.4 Å². The number of aliphatic hydroxyl groups excluding tert-OH is 1. The lowest BCUT2D eigenvalue weighted by Crippen LogP contribution is -2.79. The summed E-state index contributed by atoms with van der Waals surface area (Å²) >= 11 is 0. The zero-order valence-electron chi connectivity index (χ0n) is 24.8. The smallest absolute Gasteiger partial charge is 0.451 e. The molecule has 0 unspecified atom stereocenters. The number of ether oxygens (including phenoxy) is 6. The van der Waals surface area contributed by atoms with E-state index < -0.39 is 135 Å². The standard InChI is InChI=1S/C29H22O22/c30-11-1-8(2-12(31)18(11)36)23(40)46-7-17-21(39)22(47-24(41)9-3-13(32)19(37)14(33)4-9)28(45)29(48-17,51-27(44)26(43)49-28)50-25(42)10-5-15(34)20(38)16(35)6-10/h1-6,17,21-22,30-39,45H,7H2/t17-,21-,22+,28-,29+/m1/s1. The van der Waals surface area contributed by atoms with Gasteiger partial charge in [-0.2, -0.15) is 0 Å². The van der Waals surface area contributed by atoms with Crippen LogP contribution in [0.25, 0.3) is 0 Å². The average Bonchev–Trinajstić information content (AvgIpc) is 3.06. The molecule has 51 heavy (non-hydrogen) atoms. The van der Waals surface area contributed by atoms with Gasteiger partial charge in [0, 0.05) is 0 Å². The Morgan fingerprint density at radius 3 is 1.47 bits per heavy atom. The van der Waals surface area contributed by atoms with Crippen molar-refractivity contribution in [3.63, 3.8) is 0 Å². The lowest BCUT2D eigenvalue weighted by atomic mass is 9.92. The van der Waals surface area contributed by atoms with Gasteiger partial charge in [0.15, 0.2) is 51.7 Å². The minimum atomic E-state index is -3.90. The highest BCUT2D eigenvalue weighted by Gasteiger charge is 2.78. The number of aliphatic hydroxyl groups is 2. The molecule has 3 aromatic rings. The largest absolute Gasteiger partial charge is 0.504 e. The molecule has 5 rings (SSSR count). The molecule has 0 aromatic heterocycles. The molecule has 0 bridgehead atoms. The SMILES string of the molecule is O=C1O[C@]2(OC(=O)c3cc(O)c(O)c(O)c3)O[C@H](COC(=O)c3cc(O)c(O)c(O)c3)[C@@H](O)[C@H](OC(=O)c3cc(O)c(O)c(O)c3)[C@@]2(O)OC1=O. The maximum Gasteiger partial charge on any atom is 0.451 e. The molecule has 270 valence electrons. The molecule has 3 aromatic carbocycles. The predicted octanol–water partition coefficient (Wildman–Crippen LogP) is -1.52. The number of benzene rings is 3. The van der Waals surface area contributed by atoms with Gasteiger partial charge in [-0.1, -0.05) is 0 Å². The van der Waals surface area contributed by atoms with Crippen LogP contribution < -0.4 is 0 Å².